The average molecular weight is 350 g/mol. The van der Waals surface area contributed by atoms with Crippen molar-refractivity contribution >= 4 is 11.9 Å². The lowest BCUT2D eigenvalue weighted by Gasteiger charge is -2.07. The van der Waals surface area contributed by atoms with E-state index in [9.17, 15) is 14.4 Å². The van der Waals surface area contributed by atoms with E-state index in [0.29, 0.717) is 11.3 Å². The molecule has 0 aliphatic heterocycles. The van der Waals surface area contributed by atoms with Gasteiger partial charge in [-0.3, -0.25) is 4.79 Å². The molecule has 1 aromatic heterocycles. The summed E-state index contributed by atoms with van der Waals surface area (Å²) < 4.78 is 11.0. The maximum atomic E-state index is 12.3. The van der Waals surface area contributed by atoms with Crippen LogP contribution in [-0.2, 0) is 4.74 Å². The van der Waals surface area contributed by atoms with Crippen molar-refractivity contribution in [3.63, 3.8) is 0 Å². The van der Waals surface area contributed by atoms with Gasteiger partial charge in [-0.25, -0.2) is 9.59 Å². The van der Waals surface area contributed by atoms with Crippen molar-refractivity contribution in [1.82, 2.24) is 9.78 Å². The fraction of sp³-hybridized carbons (Fsp3) is 0.0526. The predicted octanol–water partition coefficient (Wildman–Crippen LogP) is 2.24. The van der Waals surface area contributed by atoms with E-state index < -0.39 is 11.9 Å². The summed E-state index contributed by atoms with van der Waals surface area (Å²) in [4.78, 5) is 35.7. The van der Waals surface area contributed by atoms with Crippen LogP contribution in [-0.4, -0.2) is 28.8 Å². The Balaban J connectivity index is 1.82. The van der Waals surface area contributed by atoms with Gasteiger partial charge in [0.1, 0.15) is 5.75 Å². The Morgan fingerprint density at radius 3 is 2.23 bits per heavy atom. The molecule has 0 N–H and O–H groups in total. The van der Waals surface area contributed by atoms with Crippen molar-refractivity contribution in [3.8, 4) is 11.4 Å². The number of carbonyl (C=O) groups excluding carboxylic acids is 2. The van der Waals surface area contributed by atoms with Crippen LogP contribution >= 0.6 is 0 Å². The number of benzene rings is 2. The molecule has 1 heterocycles. The van der Waals surface area contributed by atoms with Crippen molar-refractivity contribution in [3.05, 3.63) is 88.3 Å². The Hall–Kier alpha value is -3.74. The molecule has 0 amide bonds. The van der Waals surface area contributed by atoms with Crippen LogP contribution in [0.5, 0.6) is 5.75 Å². The third-order valence-electron chi connectivity index (χ3n) is 3.50. The van der Waals surface area contributed by atoms with E-state index in [4.69, 9.17) is 4.74 Å². The number of ether oxygens (including phenoxy) is 2. The first-order chi connectivity index (χ1) is 12.6. The summed E-state index contributed by atoms with van der Waals surface area (Å²) in [5.74, 6) is -0.970. The van der Waals surface area contributed by atoms with E-state index in [-0.39, 0.29) is 17.0 Å². The van der Waals surface area contributed by atoms with Gasteiger partial charge in [0.25, 0.3) is 5.56 Å². The van der Waals surface area contributed by atoms with Crippen LogP contribution in [0.4, 0.5) is 0 Å². The molecule has 0 fully saturated rings. The molecule has 0 atom stereocenters. The van der Waals surface area contributed by atoms with Crippen LogP contribution < -0.4 is 10.3 Å². The fourth-order valence-electron chi connectivity index (χ4n) is 2.21. The largest absolute Gasteiger partial charge is 0.465 e. The molecule has 0 unspecified atom stereocenters. The van der Waals surface area contributed by atoms with Gasteiger partial charge in [-0.1, -0.05) is 18.2 Å². The van der Waals surface area contributed by atoms with Crippen LogP contribution in [0.3, 0.4) is 0 Å². The molecule has 0 saturated heterocycles. The minimum atomic E-state index is -0.722. The van der Waals surface area contributed by atoms with E-state index in [0.717, 1.165) is 4.68 Å². The van der Waals surface area contributed by atoms with Gasteiger partial charge in [-0.2, -0.15) is 9.78 Å². The molecule has 130 valence electrons. The van der Waals surface area contributed by atoms with Crippen LogP contribution in [0.25, 0.3) is 5.69 Å². The summed E-state index contributed by atoms with van der Waals surface area (Å²) in [5, 5.41) is 4.05. The fourth-order valence-corrected chi connectivity index (χ4v) is 2.21. The van der Waals surface area contributed by atoms with Crippen molar-refractivity contribution < 1.29 is 19.1 Å². The molecule has 0 spiro atoms. The van der Waals surface area contributed by atoms with Gasteiger partial charge in [-0.05, 0) is 42.5 Å². The van der Waals surface area contributed by atoms with Gasteiger partial charge < -0.3 is 9.47 Å². The second-order valence-electron chi connectivity index (χ2n) is 5.21. The maximum absolute atomic E-state index is 12.3. The highest BCUT2D eigenvalue weighted by Gasteiger charge is 2.14. The zero-order valence-electron chi connectivity index (χ0n) is 13.8. The normalized spacial score (nSPS) is 10.2. The number of para-hydroxylation sites is 1. The third kappa shape index (κ3) is 3.67. The van der Waals surface area contributed by atoms with Crippen LogP contribution in [0.2, 0.25) is 0 Å². The number of aromatic nitrogens is 2. The topological polar surface area (TPSA) is 87.5 Å². The van der Waals surface area contributed by atoms with Crippen LogP contribution in [0.1, 0.15) is 20.8 Å². The molecule has 0 aliphatic carbocycles. The first-order valence-corrected chi connectivity index (χ1v) is 7.65. The lowest BCUT2D eigenvalue weighted by atomic mass is 10.2. The molecular formula is C19H14N2O5. The predicted molar refractivity (Wildman–Crippen MR) is 92.6 cm³/mol. The van der Waals surface area contributed by atoms with E-state index in [1.165, 1.54) is 43.5 Å². The van der Waals surface area contributed by atoms with E-state index in [2.05, 4.69) is 9.84 Å². The highest BCUT2D eigenvalue weighted by atomic mass is 16.5. The van der Waals surface area contributed by atoms with Crippen molar-refractivity contribution in [2.45, 2.75) is 0 Å². The summed E-state index contributed by atoms with van der Waals surface area (Å²) >= 11 is 0. The molecule has 2 aromatic carbocycles. The molecule has 3 rings (SSSR count). The molecule has 0 radical (unpaired) electrons. The molecule has 7 heteroatoms. The zero-order valence-corrected chi connectivity index (χ0v) is 13.8. The highest BCUT2D eigenvalue weighted by Crippen LogP contribution is 2.14. The Labute approximate surface area is 148 Å². The van der Waals surface area contributed by atoms with Gasteiger partial charge in [0, 0.05) is 6.07 Å². The quantitative estimate of drug-likeness (QED) is 0.530. The Bertz CT molecular complexity index is 994. The summed E-state index contributed by atoms with van der Waals surface area (Å²) in [6, 6.07) is 17.2. The van der Waals surface area contributed by atoms with E-state index in [1.54, 1.807) is 24.3 Å². The maximum Gasteiger partial charge on any atom is 0.364 e. The Morgan fingerprint density at radius 2 is 1.58 bits per heavy atom. The van der Waals surface area contributed by atoms with Gasteiger partial charge in [-0.15, -0.1) is 0 Å². The molecule has 0 saturated carbocycles. The Kier molecular flexibility index (Phi) is 4.89. The van der Waals surface area contributed by atoms with Gasteiger partial charge >= 0.3 is 11.9 Å². The number of carbonyl (C=O) groups is 2. The number of hydrogen-bond acceptors (Lipinski definition) is 6. The monoisotopic (exact) mass is 350 g/mol. The summed E-state index contributed by atoms with van der Waals surface area (Å²) in [6.45, 7) is 0. The SMILES string of the molecule is COC(=O)c1ccc(OC(=O)c2ccc(=O)n(-c3ccccc3)n2)cc1. The van der Waals surface area contributed by atoms with Crippen molar-refractivity contribution in [2.75, 3.05) is 7.11 Å². The lowest BCUT2D eigenvalue weighted by molar-refractivity contribution is 0.0600. The van der Waals surface area contributed by atoms with Gasteiger partial charge in [0.2, 0.25) is 0 Å². The molecule has 26 heavy (non-hydrogen) atoms. The minimum Gasteiger partial charge on any atom is -0.465 e. The Morgan fingerprint density at radius 1 is 0.885 bits per heavy atom. The number of rotatable bonds is 4. The first kappa shape index (κ1) is 17.1. The average Bonchev–Trinajstić information content (AvgIpc) is 2.69. The van der Waals surface area contributed by atoms with Gasteiger partial charge in [0.05, 0.1) is 18.4 Å². The number of hydrogen-bond donors (Lipinski definition) is 0. The smallest absolute Gasteiger partial charge is 0.364 e. The summed E-state index contributed by atoms with van der Waals surface area (Å²) in [6.07, 6.45) is 0. The minimum absolute atomic E-state index is 0.0227. The van der Waals surface area contributed by atoms with Gasteiger partial charge in [0.15, 0.2) is 5.69 Å². The van der Waals surface area contributed by atoms with Crippen molar-refractivity contribution in [2.24, 2.45) is 0 Å². The third-order valence-corrected chi connectivity index (χ3v) is 3.50. The van der Waals surface area contributed by atoms with E-state index in [1.807, 2.05) is 6.07 Å². The molecular weight excluding hydrogens is 336 g/mol. The first-order valence-electron chi connectivity index (χ1n) is 7.65. The van der Waals surface area contributed by atoms with E-state index >= 15 is 0 Å². The summed E-state index contributed by atoms with van der Waals surface area (Å²) in [5.41, 5.74) is 0.485. The van der Waals surface area contributed by atoms with Crippen LogP contribution in [0.15, 0.2) is 71.5 Å². The van der Waals surface area contributed by atoms with Crippen molar-refractivity contribution in [1.29, 1.82) is 0 Å². The number of esters is 2. The number of nitrogens with zero attached hydrogens (tertiary/aromatic N) is 2. The summed E-state index contributed by atoms with van der Waals surface area (Å²) in [7, 11) is 1.28. The second-order valence-corrected chi connectivity index (χ2v) is 5.21. The molecule has 0 bridgehead atoms. The lowest BCUT2D eigenvalue weighted by Crippen LogP contribution is -2.24. The molecule has 3 aromatic rings. The standard InChI is InChI=1S/C19H14N2O5/c1-25-18(23)13-7-9-15(10-8-13)26-19(24)16-11-12-17(22)21(20-16)14-5-3-2-4-6-14/h2-12H,1H3. The second kappa shape index (κ2) is 7.43. The zero-order chi connectivity index (χ0) is 18.5. The number of methoxy groups -OCH3 is 1. The molecule has 0 aliphatic rings. The highest BCUT2D eigenvalue weighted by molar-refractivity contribution is 5.90. The van der Waals surface area contributed by atoms with Crippen LogP contribution in [0, 0.1) is 0 Å². The molecule has 7 nitrogen and oxygen atoms in total.